The maximum absolute atomic E-state index is 13.1. The number of hydrazone groups is 1. The number of ether oxygens (including phenoxy) is 3. The molecular weight excluding hydrogens is 609 g/mol. The fraction of sp³-hybridized carbons (Fsp3) is 0.250. The lowest BCUT2D eigenvalue weighted by molar-refractivity contribution is -0.132. The van der Waals surface area contributed by atoms with Gasteiger partial charge in [-0.3, -0.25) is 9.59 Å². The molecule has 2 amide bonds. The van der Waals surface area contributed by atoms with E-state index in [1.165, 1.54) is 19.4 Å². The van der Waals surface area contributed by atoms with Gasteiger partial charge in [0.15, 0.2) is 17.6 Å². The van der Waals surface area contributed by atoms with Gasteiger partial charge in [-0.2, -0.15) is 5.10 Å². The largest absolute Gasteiger partial charge is 0.493 e. The molecule has 206 valence electrons. The summed E-state index contributed by atoms with van der Waals surface area (Å²) < 4.78 is 17.4. The minimum atomic E-state index is -0.938. The molecule has 0 spiro atoms. The molecule has 0 aliphatic heterocycles. The van der Waals surface area contributed by atoms with Gasteiger partial charge in [0, 0.05) is 11.4 Å². The minimum absolute atomic E-state index is 0.241. The molecule has 0 radical (unpaired) electrons. The summed E-state index contributed by atoms with van der Waals surface area (Å²) in [4.78, 5) is 26.1. The molecule has 0 saturated heterocycles. The molecule has 0 heterocycles. The van der Waals surface area contributed by atoms with Gasteiger partial charge in [-0.05, 0) is 71.2 Å². The summed E-state index contributed by atoms with van der Waals surface area (Å²) in [7, 11) is 1.54. The first-order valence-corrected chi connectivity index (χ1v) is 13.6. The average molecular weight is 637 g/mol. The number of halogens is 3. The van der Waals surface area contributed by atoms with E-state index in [9.17, 15) is 9.59 Å². The summed E-state index contributed by atoms with van der Waals surface area (Å²) in [6.07, 6.45) is 0.772. The van der Waals surface area contributed by atoms with Crippen LogP contribution in [0.25, 0.3) is 0 Å². The van der Waals surface area contributed by atoms with Crippen LogP contribution >= 0.6 is 39.1 Å². The van der Waals surface area contributed by atoms with E-state index in [2.05, 4.69) is 31.8 Å². The van der Waals surface area contributed by atoms with E-state index >= 15 is 0 Å². The van der Waals surface area contributed by atoms with Crippen LogP contribution in [0.3, 0.4) is 0 Å². The normalized spacial score (nSPS) is 12.5. The van der Waals surface area contributed by atoms with Crippen molar-refractivity contribution in [2.75, 3.05) is 13.7 Å². The highest BCUT2D eigenvalue weighted by molar-refractivity contribution is 9.10. The third-order valence-electron chi connectivity index (χ3n) is 5.41. The summed E-state index contributed by atoms with van der Waals surface area (Å²) >= 11 is 15.6. The summed E-state index contributed by atoms with van der Waals surface area (Å²) in [5, 5.41) is 7.55. The van der Waals surface area contributed by atoms with E-state index in [0.29, 0.717) is 38.9 Å². The summed E-state index contributed by atoms with van der Waals surface area (Å²) in [5.74, 6) is 0.388. The minimum Gasteiger partial charge on any atom is -0.493 e. The third-order valence-corrected chi connectivity index (χ3v) is 6.53. The lowest BCUT2D eigenvalue weighted by atomic mass is 10.1. The molecule has 0 aliphatic carbocycles. The molecule has 2 N–H and O–H groups in total. The number of carbonyl (C=O) groups is 2. The van der Waals surface area contributed by atoms with Crippen LogP contribution in [0.2, 0.25) is 10.0 Å². The Labute approximate surface area is 245 Å². The highest BCUT2D eigenvalue weighted by atomic mass is 79.9. The van der Waals surface area contributed by atoms with Crippen molar-refractivity contribution in [3.8, 4) is 17.2 Å². The van der Waals surface area contributed by atoms with E-state index in [1.807, 2.05) is 37.3 Å². The van der Waals surface area contributed by atoms with Gasteiger partial charge in [0.05, 0.1) is 29.4 Å². The van der Waals surface area contributed by atoms with E-state index in [-0.39, 0.29) is 11.4 Å². The Morgan fingerprint density at radius 1 is 1.05 bits per heavy atom. The quantitative estimate of drug-likeness (QED) is 0.193. The Bertz CT molecular complexity index is 1320. The third kappa shape index (κ3) is 8.88. The Morgan fingerprint density at radius 3 is 2.46 bits per heavy atom. The van der Waals surface area contributed by atoms with Crippen LogP contribution < -0.4 is 25.0 Å². The molecule has 2 atom stereocenters. The van der Waals surface area contributed by atoms with E-state index in [4.69, 9.17) is 37.4 Å². The van der Waals surface area contributed by atoms with Crippen molar-refractivity contribution >= 4 is 57.2 Å². The fourth-order valence-electron chi connectivity index (χ4n) is 3.51. The maximum atomic E-state index is 13.1. The number of nitrogens with zero attached hydrogens (tertiary/aromatic N) is 1. The Balaban J connectivity index is 1.72. The molecule has 39 heavy (non-hydrogen) atoms. The van der Waals surface area contributed by atoms with Crippen molar-refractivity contribution in [2.45, 2.75) is 32.4 Å². The van der Waals surface area contributed by atoms with Crippen molar-refractivity contribution in [1.29, 1.82) is 0 Å². The van der Waals surface area contributed by atoms with Gasteiger partial charge in [0.2, 0.25) is 0 Å². The second-order valence-electron chi connectivity index (χ2n) is 8.29. The standard InChI is InChI=1S/C28H28BrCl2N3O5/c1-4-38-26-21(29)12-19(14-25(26)37-3)16-32-34-28(36)23(13-18-8-6-5-7-9-18)33-27(35)17(2)39-24-11-10-20(30)15-22(24)31/h5-12,14-17,23H,4,13H2,1-3H3,(H,33,35)(H,34,36)/b32-16-/t17-,23+/m0/s1. The lowest BCUT2D eigenvalue weighted by Gasteiger charge is -2.21. The first kappa shape index (κ1) is 30.3. The number of methoxy groups -OCH3 is 1. The van der Waals surface area contributed by atoms with Gasteiger partial charge in [-0.25, -0.2) is 5.43 Å². The molecule has 3 aromatic rings. The molecule has 8 nitrogen and oxygen atoms in total. The van der Waals surface area contributed by atoms with Crippen LogP contribution in [-0.2, 0) is 16.0 Å². The zero-order valence-electron chi connectivity index (χ0n) is 21.5. The molecule has 0 aliphatic rings. The molecular formula is C28H28BrCl2N3O5. The zero-order chi connectivity index (χ0) is 28.4. The van der Waals surface area contributed by atoms with Crippen LogP contribution in [0.15, 0.2) is 70.2 Å². The fourth-order valence-corrected chi connectivity index (χ4v) is 4.54. The second kappa shape index (κ2) is 14.8. The molecule has 3 aromatic carbocycles. The van der Waals surface area contributed by atoms with Crippen molar-refractivity contribution in [3.05, 3.63) is 86.3 Å². The Morgan fingerprint density at radius 2 is 1.79 bits per heavy atom. The number of nitrogens with one attached hydrogen (secondary N) is 2. The van der Waals surface area contributed by atoms with Gasteiger partial charge in [-0.1, -0.05) is 53.5 Å². The maximum Gasteiger partial charge on any atom is 0.262 e. The van der Waals surface area contributed by atoms with Crippen molar-refractivity contribution in [3.63, 3.8) is 0 Å². The van der Waals surface area contributed by atoms with Crippen LogP contribution in [0.4, 0.5) is 0 Å². The lowest BCUT2D eigenvalue weighted by Crippen LogP contribution is -2.50. The predicted octanol–water partition coefficient (Wildman–Crippen LogP) is 5.81. The molecule has 0 aromatic heterocycles. The molecule has 0 unspecified atom stereocenters. The van der Waals surface area contributed by atoms with Gasteiger partial charge in [0.1, 0.15) is 11.8 Å². The van der Waals surface area contributed by atoms with E-state index in [0.717, 1.165) is 5.56 Å². The molecule has 0 saturated carbocycles. The van der Waals surface area contributed by atoms with Crippen LogP contribution in [0.1, 0.15) is 25.0 Å². The molecule has 11 heteroatoms. The highest BCUT2D eigenvalue weighted by Gasteiger charge is 2.25. The first-order chi connectivity index (χ1) is 18.7. The summed E-state index contributed by atoms with van der Waals surface area (Å²) in [5.41, 5.74) is 4.03. The van der Waals surface area contributed by atoms with Crippen LogP contribution in [0.5, 0.6) is 17.2 Å². The molecule has 3 rings (SSSR count). The first-order valence-electron chi connectivity index (χ1n) is 12.0. The SMILES string of the molecule is CCOc1c(Br)cc(/C=N\NC(=O)[C@@H](Cc2ccccc2)NC(=O)[C@H](C)Oc2ccc(Cl)cc2Cl)cc1OC. The summed E-state index contributed by atoms with van der Waals surface area (Å²) in [6, 6.07) is 16.6. The molecule has 0 bridgehead atoms. The summed E-state index contributed by atoms with van der Waals surface area (Å²) in [6.45, 7) is 3.91. The average Bonchev–Trinajstić information content (AvgIpc) is 2.91. The van der Waals surface area contributed by atoms with Gasteiger partial charge >= 0.3 is 0 Å². The number of carbonyl (C=O) groups excluding carboxylic acids is 2. The highest BCUT2D eigenvalue weighted by Crippen LogP contribution is 2.36. The second-order valence-corrected chi connectivity index (χ2v) is 9.99. The number of amides is 2. The smallest absolute Gasteiger partial charge is 0.262 e. The Hall–Kier alpha value is -3.27. The van der Waals surface area contributed by atoms with Gasteiger partial charge in [0.25, 0.3) is 11.8 Å². The van der Waals surface area contributed by atoms with Crippen LogP contribution in [-0.4, -0.2) is 43.9 Å². The Kier molecular flexibility index (Phi) is 11.5. The monoisotopic (exact) mass is 635 g/mol. The number of benzene rings is 3. The number of hydrogen-bond acceptors (Lipinski definition) is 6. The van der Waals surface area contributed by atoms with Crippen LogP contribution in [0, 0.1) is 0 Å². The van der Waals surface area contributed by atoms with Crippen molar-refractivity contribution in [1.82, 2.24) is 10.7 Å². The van der Waals surface area contributed by atoms with E-state index < -0.39 is 24.0 Å². The number of hydrogen-bond donors (Lipinski definition) is 2. The van der Waals surface area contributed by atoms with Crippen molar-refractivity contribution < 1.29 is 23.8 Å². The van der Waals surface area contributed by atoms with E-state index in [1.54, 1.807) is 31.2 Å². The predicted molar refractivity (Wildman–Crippen MR) is 156 cm³/mol. The number of rotatable bonds is 12. The van der Waals surface area contributed by atoms with Gasteiger partial charge < -0.3 is 19.5 Å². The van der Waals surface area contributed by atoms with Crippen molar-refractivity contribution in [2.24, 2.45) is 5.10 Å². The zero-order valence-corrected chi connectivity index (χ0v) is 24.6. The molecule has 0 fully saturated rings. The van der Waals surface area contributed by atoms with Gasteiger partial charge in [-0.15, -0.1) is 0 Å². The topological polar surface area (TPSA) is 98.2 Å².